The van der Waals surface area contributed by atoms with Crippen molar-refractivity contribution >= 4 is 11.6 Å². The summed E-state index contributed by atoms with van der Waals surface area (Å²) in [6.45, 7) is 1.10. The fourth-order valence-corrected chi connectivity index (χ4v) is 2.04. The molecule has 4 heteroatoms. The molecule has 1 aromatic rings. The highest BCUT2D eigenvalue weighted by Gasteiger charge is 2.23. The van der Waals surface area contributed by atoms with Gasteiger partial charge in [-0.05, 0) is 18.1 Å². The summed E-state index contributed by atoms with van der Waals surface area (Å²) in [6, 6.07) is 7.84. The van der Waals surface area contributed by atoms with E-state index in [2.05, 4.69) is 0 Å². The van der Waals surface area contributed by atoms with Gasteiger partial charge in [-0.1, -0.05) is 18.2 Å². The van der Waals surface area contributed by atoms with Gasteiger partial charge in [-0.3, -0.25) is 4.79 Å². The number of ether oxygens (including phenoxy) is 1. The van der Waals surface area contributed by atoms with E-state index < -0.39 is 0 Å². The van der Waals surface area contributed by atoms with E-state index in [4.69, 9.17) is 10.5 Å². The number of nitrogens with two attached hydrogens (primary N) is 1. The molecule has 1 aromatic carbocycles. The van der Waals surface area contributed by atoms with Gasteiger partial charge in [-0.25, -0.2) is 0 Å². The standard InChI is InChI=1S/C13H18N2O2/c1-15-11(9-17-7-6-13(15)16)8-10-4-2-3-5-12(10)14/h2-5,11H,6-9,14H2,1H3. The summed E-state index contributed by atoms with van der Waals surface area (Å²) in [7, 11) is 1.83. The second-order valence-electron chi connectivity index (χ2n) is 4.39. The molecule has 4 nitrogen and oxygen atoms in total. The summed E-state index contributed by atoms with van der Waals surface area (Å²) >= 11 is 0. The number of hydrogen-bond acceptors (Lipinski definition) is 3. The number of para-hydroxylation sites is 1. The maximum absolute atomic E-state index is 11.7. The predicted octanol–water partition coefficient (Wildman–Crippen LogP) is 1.06. The lowest BCUT2D eigenvalue weighted by Crippen LogP contribution is -2.39. The van der Waals surface area contributed by atoms with E-state index in [-0.39, 0.29) is 11.9 Å². The summed E-state index contributed by atoms with van der Waals surface area (Å²) in [5.41, 5.74) is 7.76. The van der Waals surface area contributed by atoms with Gasteiger partial charge in [0.05, 0.1) is 25.7 Å². The van der Waals surface area contributed by atoms with E-state index in [1.807, 2.05) is 31.3 Å². The van der Waals surface area contributed by atoms with Crippen molar-refractivity contribution in [2.24, 2.45) is 0 Å². The molecule has 1 atom stereocenters. The van der Waals surface area contributed by atoms with Crippen LogP contribution in [-0.2, 0) is 16.0 Å². The predicted molar refractivity (Wildman–Crippen MR) is 66.6 cm³/mol. The Morgan fingerprint density at radius 2 is 2.24 bits per heavy atom. The van der Waals surface area contributed by atoms with Crippen LogP contribution < -0.4 is 5.73 Å². The van der Waals surface area contributed by atoms with E-state index in [9.17, 15) is 4.79 Å². The topological polar surface area (TPSA) is 55.6 Å². The molecule has 1 amide bonds. The molecule has 1 fully saturated rings. The number of hydrogen-bond donors (Lipinski definition) is 1. The van der Waals surface area contributed by atoms with Crippen molar-refractivity contribution in [2.75, 3.05) is 26.0 Å². The normalized spacial score (nSPS) is 21.4. The zero-order valence-electron chi connectivity index (χ0n) is 10.1. The monoisotopic (exact) mass is 234 g/mol. The number of anilines is 1. The zero-order chi connectivity index (χ0) is 12.3. The van der Waals surface area contributed by atoms with Crippen LogP contribution in [0, 0.1) is 0 Å². The van der Waals surface area contributed by atoms with Crippen LogP contribution in [0.25, 0.3) is 0 Å². The van der Waals surface area contributed by atoms with Crippen molar-refractivity contribution in [1.82, 2.24) is 4.90 Å². The SMILES string of the molecule is CN1C(=O)CCOCC1Cc1ccccc1N. The zero-order valence-corrected chi connectivity index (χ0v) is 10.1. The molecule has 0 radical (unpaired) electrons. The van der Waals surface area contributed by atoms with Gasteiger partial charge in [0.15, 0.2) is 0 Å². The first-order valence-corrected chi connectivity index (χ1v) is 5.85. The van der Waals surface area contributed by atoms with Crippen molar-refractivity contribution in [3.8, 4) is 0 Å². The highest BCUT2D eigenvalue weighted by Crippen LogP contribution is 2.17. The van der Waals surface area contributed by atoms with Gasteiger partial charge in [0.25, 0.3) is 0 Å². The molecule has 0 spiro atoms. The Hall–Kier alpha value is -1.55. The number of carbonyl (C=O) groups excluding carboxylic acids is 1. The van der Waals surface area contributed by atoms with Crippen LogP contribution in [0.5, 0.6) is 0 Å². The first-order chi connectivity index (χ1) is 8.18. The summed E-state index contributed by atoms with van der Waals surface area (Å²) in [6.07, 6.45) is 1.21. The molecule has 0 saturated carbocycles. The highest BCUT2D eigenvalue weighted by atomic mass is 16.5. The largest absolute Gasteiger partial charge is 0.399 e. The third kappa shape index (κ3) is 2.77. The molecule has 2 N–H and O–H groups in total. The number of nitrogens with zero attached hydrogens (tertiary/aromatic N) is 1. The number of likely N-dealkylation sites (N-methyl/N-ethyl adjacent to an activating group) is 1. The van der Waals surface area contributed by atoms with Crippen molar-refractivity contribution in [1.29, 1.82) is 0 Å². The summed E-state index contributed by atoms with van der Waals surface area (Å²) in [5, 5.41) is 0. The van der Waals surface area contributed by atoms with Crippen molar-refractivity contribution in [2.45, 2.75) is 18.9 Å². The lowest BCUT2D eigenvalue weighted by molar-refractivity contribution is -0.130. The quantitative estimate of drug-likeness (QED) is 0.778. The molecular formula is C13H18N2O2. The van der Waals surface area contributed by atoms with E-state index in [0.717, 1.165) is 17.7 Å². The van der Waals surface area contributed by atoms with Crippen LogP contribution in [0.4, 0.5) is 5.69 Å². The van der Waals surface area contributed by atoms with E-state index in [0.29, 0.717) is 19.6 Å². The van der Waals surface area contributed by atoms with E-state index in [1.54, 1.807) is 4.90 Å². The molecule has 0 aliphatic carbocycles. The van der Waals surface area contributed by atoms with Gasteiger partial charge >= 0.3 is 0 Å². The molecule has 0 aromatic heterocycles. The van der Waals surface area contributed by atoms with E-state index in [1.165, 1.54) is 0 Å². The van der Waals surface area contributed by atoms with Crippen LogP contribution in [-0.4, -0.2) is 37.1 Å². The van der Waals surface area contributed by atoms with Crippen LogP contribution in [0.3, 0.4) is 0 Å². The minimum Gasteiger partial charge on any atom is -0.399 e. The van der Waals surface area contributed by atoms with Crippen molar-refractivity contribution in [3.63, 3.8) is 0 Å². The molecular weight excluding hydrogens is 216 g/mol. The average Bonchev–Trinajstić information content (AvgIpc) is 2.47. The van der Waals surface area contributed by atoms with Gasteiger partial charge in [0, 0.05) is 12.7 Å². The van der Waals surface area contributed by atoms with Crippen molar-refractivity contribution in [3.05, 3.63) is 29.8 Å². The molecule has 1 unspecified atom stereocenters. The van der Waals surface area contributed by atoms with Crippen LogP contribution in [0.15, 0.2) is 24.3 Å². The second kappa shape index (κ2) is 5.19. The fraction of sp³-hybridized carbons (Fsp3) is 0.462. The molecule has 0 bridgehead atoms. The third-order valence-corrected chi connectivity index (χ3v) is 3.22. The lowest BCUT2D eigenvalue weighted by Gasteiger charge is -2.25. The Balaban J connectivity index is 2.11. The Labute approximate surface area is 101 Å². The van der Waals surface area contributed by atoms with Crippen LogP contribution in [0.2, 0.25) is 0 Å². The summed E-state index contributed by atoms with van der Waals surface area (Å²) < 4.78 is 5.46. The smallest absolute Gasteiger partial charge is 0.224 e. The number of rotatable bonds is 2. The molecule has 1 aliphatic rings. The van der Waals surface area contributed by atoms with Crippen LogP contribution >= 0.6 is 0 Å². The Bertz CT molecular complexity index is 406. The summed E-state index contributed by atoms with van der Waals surface area (Å²) in [5.74, 6) is 0.141. The molecule has 92 valence electrons. The highest BCUT2D eigenvalue weighted by molar-refractivity contribution is 5.76. The van der Waals surface area contributed by atoms with Gasteiger partial charge in [-0.2, -0.15) is 0 Å². The fourth-order valence-electron chi connectivity index (χ4n) is 2.04. The van der Waals surface area contributed by atoms with Gasteiger partial charge in [-0.15, -0.1) is 0 Å². The molecule has 17 heavy (non-hydrogen) atoms. The number of amides is 1. The molecule has 1 saturated heterocycles. The minimum atomic E-state index is 0.0784. The van der Waals surface area contributed by atoms with Crippen molar-refractivity contribution < 1.29 is 9.53 Å². The number of carbonyl (C=O) groups is 1. The van der Waals surface area contributed by atoms with Gasteiger partial charge in [0.2, 0.25) is 5.91 Å². The summed E-state index contributed by atoms with van der Waals surface area (Å²) in [4.78, 5) is 13.5. The maximum Gasteiger partial charge on any atom is 0.224 e. The minimum absolute atomic E-state index is 0.0784. The molecule has 1 heterocycles. The lowest BCUT2D eigenvalue weighted by atomic mass is 10.0. The first-order valence-electron chi connectivity index (χ1n) is 5.85. The maximum atomic E-state index is 11.7. The molecule has 2 rings (SSSR count). The van der Waals surface area contributed by atoms with Gasteiger partial charge < -0.3 is 15.4 Å². The second-order valence-corrected chi connectivity index (χ2v) is 4.39. The number of nitrogen functional groups attached to an aromatic ring is 1. The Morgan fingerprint density at radius 1 is 1.47 bits per heavy atom. The molecule has 1 aliphatic heterocycles. The number of benzene rings is 1. The first kappa shape index (κ1) is 11.9. The van der Waals surface area contributed by atoms with Gasteiger partial charge in [0.1, 0.15) is 0 Å². The van der Waals surface area contributed by atoms with Crippen LogP contribution in [0.1, 0.15) is 12.0 Å². The third-order valence-electron chi connectivity index (χ3n) is 3.22. The Morgan fingerprint density at radius 3 is 3.00 bits per heavy atom. The van der Waals surface area contributed by atoms with E-state index >= 15 is 0 Å². The Kier molecular flexibility index (Phi) is 3.64. The average molecular weight is 234 g/mol.